The Kier molecular flexibility index (Phi) is 8.84. The zero-order valence-corrected chi connectivity index (χ0v) is 18.2. The fourth-order valence-electron chi connectivity index (χ4n) is 3.12. The average molecular weight is 415 g/mol. The Labute approximate surface area is 178 Å². The van der Waals surface area contributed by atoms with E-state index in [2.05, 4.69) is 5.32 Å². The predicted molar refractivity (Wildman–Crippen MR) is 116 cm³/mol. The third kappa shape index (κ3) is 6.31. The van der Waals surface area contributed by atoms with Gasteiger partial charge in [0.15, 0.2) is 18.2 Å². The second-order valence-corrected chi connectivity index (χ2v) is 7.41. The van der Waals surface area contributed by atoms with Crippen LogP contribution < -0.4 is 10.1 Å². The van der Waals surface area contributed by atoms with E-state index in [4.69, 9.17) is 4.74 Å². The van der Waals surface area contributed by atoms with Crippen LogP contribution in [0.15, 0.2) is 48.5 Å². The number of nitrogens with one attached hydrogen (secondary N) is 1. The molecule has 30 heavy (non-hydrogen) atoms. The number of hydrogen-bond acceptors (Lipinski definition) is 3. The molecule has 0 radical (unpaired) electrons. The van der Waals surface area contributed by atoms with E-state index in [0.717, 1.165) is 17.5 Å². The molecule has 2 rings (SSSR count). The molecular formula is C24H31FN2O3. The molecule has 2 amide bonds. The first-order chi connectivity index (χ1) is 14.4. The summed E-state index contributed by atoms with van der Waals surface area (Å²) in [4.78, 5) is 27.5. The first-order valence-corrected chi connectivity index (χ1v) is 10.4. The molecule has 1 N–H and O–H groups in total. The predicted octanol–water partition coefficient (Wildman–Crippen LogP) is 4.24. The number of nitrogens with zero attached hydrogens (tertiary/aromatic N) is 1. The number of carbonyl (C=O) groups excluding carboxylic acids is 2. The third-order valence-electron chi connectivity index (χ3n) is 5.18. The summed E-state index contributed by atoms with van der Waals surface area (Å²) < 4.78 is 19.3. The van der Waals surface area contributed by atoms with E-state index in [1.54, 1.807) is 12.1 Å². The van der Waals surface area contributed by atoms with Crippen LogP contribution in [0.3, 0.4) is 0 Å². The Morgan fingerprint density at radius 1 is 1.07 bits per heavy atom. The maximum atomic E-state index is 13.9. The van der Waals surface area contributed by atoms with Crippen molar-refractivity contribution >= 4 is 11.8 Å². The minimum atomic E-state index is -0.643. The van der Waals surface area contributed by atoms with E-state index in [1.807, 2.05) is 52.0 Å². The Balaban J connectivity index is 2.24. The maximum Gasteiger partial charge on any atom is 0.261 e. The second kappa shape index (κ2) is 11.3. The van der Waals surface area contributed by atoms with E-state index < -0.39 is 11.9 Å². The standard InChI is InChI=1S/C24H31FN2O3/c1-5-18(4)26-24(29)21(6-2)27(15-19-12-8-7-11-17(19)3)23(28)16-30-22-14-10-9-13-20(22)25/h7-14,18,21H,5-6,15-16H2,1-4H3,(H,26,29)/t18-,21-/m1/s1. The monoisotopic (exact) mass is 414 g/mol. The summed E-state index contributed by atoms with van der Waals surface area (Å²) >= 11 is 0. The number of amides is 2. The molecule has 0 heterocycles. The van der Waals surface area contributed by atoms with Crippen LogP contribution in [0.1, 0.15) is 44.7 Å². The lowest BCUT2D eigenvalue weighted by molar-refractivity contribution is -0.143. The van der Waals surface area contributed by atoms with Gasteiger partial charge in [-0.15, -0.1) is 0 Å². The van der Waals surface area contributed by atoms with Gasteiger partial charge in [-0.2, -0.15) is 0 Å². The average Bonchev–Trinajstić information content (AvgIpc) is 2.74. The Hall–Kier alpha value is -2.89. The summed E-state index contributed by atoms with van der Waals surface area (Å²) in [6.07, 6.45) is 1.25. The van der Waals surface area contributed by atoms with Gasteiger partial charge in [0.2, 0.25) is 5.91 Å². The lowest BCUT2D eigenvalue weighted by Crippen LogP contribution is -2.51. The summed E-state index contributed by atoms with van der Waals surface area (Å²) in [5.41, 5.74) is 1.98. The van der Waals surface area contributed by atoms with Gasteiger partial charge in [-0.05, 0) is 49.9 Å². The lowest BCUT2D eigenvalue weighted by Gasteiger charge is -2.31. The molecule has 0 unspecified atom stereocenters. The summed E-state index contributed by atoms with van der Waals surface area (Å²) in [5.74, 6) is -1.08. The highest BCUT2D eigenvalue weighted by molar-refractivity contribution is 5.88. The highest BCUT2D eigenvalue weighted by Gasteiger charge is 2.29. The second-order valence-electron chi connectivity index (χ2n) is 7.41. The Morgan fingerprint density at radius 3 is 2.37 bits per heavy atom. The molecule has 0 aliphatic heterocycles. The van der Waals surface area contributed by atoms with Gasteiger partial charge in [0, 0.05) is 12.6 Å². The smallest absolute Gasteiger partial charge is 0.261 e. The minimum absolute atomic E-state index is 0.0108. The van der Waals surface area contributed by atoms with Gasteiger partial charge >= 0.3 is 0 Å². The van der Waals surface area contributed by atoms with Gasteiger partial charge in [0.05, 0.1) is 0 Å². The van der Waals surface area contributed by atoms with Gasteiger partial charge in [0.1, 0.15) is 6.04 Å². The van der Waals surface area contributed by atoms with Crippen molar-refractivity contribution in [1.29, 1.82) is 0 Å². The van der Waals surface area contributed by atoms with Crippen molar-refractivity contribution in [2.24, 2.45) is 0 Å². The van der Waals surface area contributed by atoms with Crippen molar-refractivity contribution in [2.75, 3.05) is 6.61 Å². The van der Waals surface area contributed by atoms with Crippen LogP contribution in [0.25, 0.3) is 0 Å². The number of ether oxygens (including phenoxy) is 1. The van der Waals surface area contributed by atoms with Crippen LogP contribution in [-0.4, -0.2) is 35.4 Å². The molecular weight excluding hydrogens is 383 g/mol. The molecule has 2 aromatic rings. The normalized spacial score (nSPS) is 12.7. The number of carbonyl (C=O) groups is 2. The van der Waals surface area contributed by atoms with Crippen molar-refractivity contribution < 1.29 is 18.7 Å². The maximum absolute atomic E-state index is 13.9. The molecule has 0 spiro atoms. The fourth-order valence-corrected chi connectivity index (χ4v) is 3.12. The molecule has 2 aromatic carbocycles. The van der Waals surface area contributed by atoms with E-state index in [9.17, 15) is 14.0 Å². The summed E-state index contributed by atoms with van der Waals surface area (Å²) in [5, 5.41) is 2.97. The quantitative estimate of drug-likeness (QED) is 0.633. The van der Waals surface area contributed by atoms with Crippen molar-refractivity contribution in [3.8, 4) is 5.75 Å². The molecule has 162 valence electrons. The van der Waals surface area contributed by atoms with Crippen molar-refractivity contribution in [2.45, 2.75) is 59.2 Å². The van der Waals surface area contributed by atoms with Crippen LogP contribution in [0, 0.1) is 12.7 Å². The van der Waals surface area contributed by atoms with Crippen molar-refractivity contribution in [1.82, 2.24) is 10.2 Å². The van der Waals surface area contributed by atoms with E-state index in [0.29, 0.717) is 6.42 Å². The Morgan fingerprint density at radius 2 is 1.73 bits per heavy atom. The molecule has 2 atom stereocenters. The number of para-hydroxylation sites is 1. The molecule has 5 nitrogen and oxygen atoms in total. The van der Waals surface area contributed by atoms with Gasteiger partial charge in [-0.1, -0.05) is 50.2 Å². The van der Waals surface area contributed by atoms with Crippen LogP contribution in [0.5, 0.6) is 5.75 Å². The van der Waals surface area contributed by atoms with Crippen LogP contribution in [0.4, 0.5) is 4.39 Å². The molecule has 0 saturated heterocycles. The van der Waals surface area contributed by atoms with Crippen LogP contribution in [-0.2, 0) is 16.1 Å². The molecule has 0 aliphatic rings. The van der Waals surface area contributed by atoms with Crippen molar-refractivity contribution in [3.63, 3.8) is 0 Å². The molecule has 0 aliphatic carbocycles. The lowest BCUT2D eigenvalue weighted by atomic mass is 10.1. The highest BCUT2D eigenvalue weighted by Crippen LogP contribution is 2.18. The summed E-state index contributed by atoms with van der Waals surface area (Å²) in [6, 6.07) is 13.1. The zero-order chi connectivity index (χ0) is 22.1. The van der Waals surface area contributed by atoms with Crippen LogP contribution in [0.2, 0.25) is 0 Å². The summed E-state index contributed by atoms with van der Waals surface area (Å²) in [6.45, 7) is 7.69. The molecule has 0 aromatic heterocycles. The number of rotatable bonds is 10. The third-order valence-corrected chi connectivity index (χ3v) is 5.18. The molecule has 0 fully saturated rings. The SMILES string of the molecule is CC[C@@H](C)NC(=O)[C@@H](CC)N(Cc1ccccc1C)C(=O)COc1ccccc1F. The van der Waals surface area contributed by atoms with Crippen LogP contribution >= 0.6 is 0 Å². The first kappa shape index (κ1) is 23.4. The van der Waals surface area contributed by atoms with Gasteiger partial charge in [-0.3, -0.25) is 9.59 Å². The van der Waals surface area contributed by atoms with Gasteiger partial charge < -0.3 is 15.0 Å². The largest absolute Gasteiger partial charge is 0.481 e. The number of hydrogen-bond donors (Lipinski definition) is 1. The zero-order valence-electron chi connectivity index (χ0n) is 18.2. The first-order valence-electron chi connectivity index (χ1n) is 10.4. The van der Waals surface area contributed by atoms with Crippen molar-refractivity contribution in [3.05, 3.63) is 65.5 Å². The van der Waals surface area contributed by atoms with E-state index in [-0.39, 0.29) is 36.8 Å². The molecule has 0 saturated carbocycles. The van der Waals surface area contributed by atoms with Gasteiger partial charge in [-0.25, -0.2) is 4.39 Å². The van der Waals surface area contributed by atoms with E-state index in [1.165, 1.54) is 17.0 Å². The number of aryl methyl sites for hydroxylation is 1. The summed E-state index contributed by atoms with van der Waals surface area (Å²) in [7, 11) is 0. The number of halogens is 1. The highest BCUT2D eigenvalue weighted by atomic mass is 19.1. The van der Waals surface area contributed by atoms with E-state index >= 15 is 0 Å². The molecule has 0 bridgehead atoms. The molecule has 6 heteroatoms. The van der Waals surface area contributed by atoms with Gasteiger partial charge in [0.25, 0.3) is 5.91 Å². The fraction of sp³-hybridized carbons (Fsp3) is 0.417. The Bertz CT molecular complexity index is 856. The minimum Gasteiger partial charge on any atom is -0.481 e. The number of benzene rings is 2. The topological polar surface area (TPSA) is 58.6 Å².